The highest BCUT2D eigenvalue weighted by Gasteiger charge is 2.30. The molecule has 0 N–H and O–H groups in total. The number of hydrogen-bond acceptors (Lipinski definition) is 2. The van der Waals surface area contributed by atoms with Gasteiger partial charge >= 0.3 is 0 Å². The molecule has 3 aromatic rings. The first-order valence-corrected chi connectivity index (χ1v) is 13.8. The minimum absolute atomic E-state index is 0.0243. The van der Waals surface area contributed by atoms with Crippen LogP contribution in [0.1, 0.15) is 67.6 Å². The minimum Gasteiger partial charge on any atom is -0.345 e. The van der Waals surface area contributed by atoms with Crippen LogP contribution in [0, 0.1) is 0 Å². The third kappa shape index (κ3) is 6.67. The van der Waals surface area contributed by atoms with Crippen molar-refractivity contribution in [2.45, 2.75) is 71.1 Å². The lowest BCUT2D eigenvalue weighted by molar-refractivity contribution is -0.136. The zero-order chi connectivity index (χ0) is 25.5. The van der Waals surface area contributed by atoms with E-state index in [1.54, 1.807) is 4.90 Å². The Kier molecular flexibility index (Phi) is 9.03. The van der Waals surface area contributed by atoms with Gasteiger partial charge in [0.25, 0.3) is 5.91 Å². The summed E-state index contributed by atoms with van der Waals surface area (Å²) in [7, 11) is 0. The molecule has 1 heterocycles. The molecule has 4 rings (SSSR count). The molecule has 1 aliphatic rings. The van der Waals surface area contributed by atoms with Crippen molar-refractivity contribution in [1.82, 2.24) is 14.4 Å². The summed E-state index contributed by atoms with van der Waals surface area (Å²) in [6.07, 6.45) is 7.64. The number of aromatic nitrogens is 1. The molecular formula is C30H36BrN3O2. The van der Waals surface area contributed by atoms with Gasteiger partial charge in [0, 0.05) is 40.6 Å². The Bertz CT molecular complexity index is 1130. The second kappa shape index (κ2) is 12.4. The molecule has 1 aromatic heterocycles. The average molecular weight is 551 g/mol. The van der Waals surface area contributed by atoms with Gasteiger partial charge in [-0.3, -0.25) is 9.59 Å². The highest BCUT2D eigenvalue weighted by Crippen LogP contribution is 2.25. The first-order chi connectivity index (χ1) is 17.4. The molecular weight excluding hydrogens is 514 g/mol. The van der Waals surface area contributed by atoms with Crippen molar-refractivity contribution in [2.75, 3.05) is 6.54 Å². The third-order valence-electron chi connectivity index (χ3n) is 7.07. The summed E-state index contributed by atoms with van der Waals surface area (Å²) in [6.45, 7) is 5.35. The van der Waals surface area contributed by atoms with Crippen molar-refractivity contribution in [3.8, 4) is 0 Å². The van der Waals surface area contributed by atoms with Gasteiger partial charge < -0.3 is 14.4 Å². The largest absolute Gasteiger partial charge is 0.345 e. The fourth-order valence-electron chi connectivity index (χ4n) is 4.99. The van der Waals surface area contributed by atoms with E-state index in [-0.39, 0.29) is 30.4 Å². The molecule has 0 saturated heterocycles. The molecule has 36 heavy (non-hydrogen) atoms. The number of amides is 2. The average Bonchev–Trinajstić information content (AvgIpc) is 3.34. The fraction of sp³-hybridized carbons (Fsp3) is 0.400. The molecule has 5 nitrogen and oxygen atoms in total. The van der Waals surface area contributed by atoms with E-state index in [1.165, 1.54) is 12.0 Å². The first kappa shape index (κ1) is 26.2. The highest BCUT2D eigenvalue weighted by atomic mass is 79.9. The van der Waals surface area contributed by atoms with Gasteiger partial charge in [-0.05, 0) is 68.7 Å². The SMILES string of the molecule is CC(C)N(CC(=O)N(Cc1cccn1Cc1ccc(Br)cc1)C1CCCCC1)C(=O)c1ccccc1. The molecule has 1 saturated carbocycles. The lowest BCUT2D eigenvalue weighted by Crippen LogP contribution is -2.49. The highest BCUT2D eigenvalue weighted by molar-refractivity contribution is 9.10. The van der Waals surface area contributed by atoms with E-state index in [4.69, 9.17) is 0 Å². The Balaban J connectivity index is 1.54. The van der Waals surface area contributed by atoms with Crippen molar-refractivity contribution in [3.05, 3.63) is 94.2 Å². The van der Waals surface area contributed by atoms with Crippen LogP contribution in [0.4, 0.5) is 0 Å². The second-order valence-electron chi connectivity index (χ2n) is 9.96. The number of rotatable bonds is 9. The van der Waals surface area contributed by atoms with Gasteiger partial charge in [0.15, 0.2) is 0 Å². The molecule has 0 unspecified atom stereocenters. The van der Waals surface area contributed by atoms with Crippen LogP contribution in [0.25, 0.3) is 0 Å². The van der Waals surface area contributed by atoms with E-state index in [0.29, 0.717) is 12.1 Å². The molecule has 0 atom stereocenters. The van der Waals surface area contributed by atoms with Gasteiger partial charge in [0.05, 0.1) is 6.54 Å². The summed E-state index contributed by atoms with van der Waals surface area (Å²) in [6, 6.07) is 21.9. The fourth-order valence-corrected chi connectivity index (χ4v) is 5.26. The summed E-state index contributed by atoms with van der Waals surface area (Å²) in [5.74, 6) is -0.0718. The summed E-state index contributed by atoms with van der Waals surface area (Å²) < 4.78 is 3.29. The monoisotopic (exact) mass is 549 g/mol. The Morgan fingerprint density at radius 3 is 2.31 bits per heavy atom. The number of halogens is 1. The number of carbonyl (C=O) groups is 2. The van der Waals surface area contributed by atoms with Gasteiger partial charge in [-0.25, -0.2) is 0 Å². The maximum atomic E-state index is 13.8. The third-order valence-corrected chi connectivity index (χ3v) is 7.60. The molecule has 1 aliphatic carbocycles. The number of hydrogen-bond donors (Lipinski definition) is 0. The summed E-state index contributed by atoms with van der Waals surface area (Å²) >= 11 is 3.51. The van der Waals surface area contributed by atoms with Crippen molar-refractivity contribution in [1.29, 1.82) is 0 Å². The van der Waals surface area contributed by atoms with Crippen LogP contribution in [-0.4, -0.2) is 44.8 Å². The number of nitrogens with zero attached hydrogens (tertiary/aromatic N) is 3. The molecule has 0 radical (unpaired) electrons. The van der Waals surface area contributed by atoms with Crippen LogP contribution in [-0.2, 0) is 17.9 Å². The Morgan fingerprint density at radius 1 is 0.944 bits per heavy atom. The molecule has 6 heteroatoms. The van der Waals surface area contributed by atoms with E-state index in [2.05, 4.69) is 63.1 Å². The van der Waals surface area contributed by atoms with Crippen molar-refractivity contribution in [2.24, 2.45) is 0 Å². The number of carbonyl (C=O) groups excluding carboxylic acids is 2. The topological polar surface area (TPSA) is 45.6 Å². The summed E-state index contributed by atoms with van der Waals surface area (Å²) in [4.78, 5) is 30.9. The molecule has 190 valence electrons. The maximum Gasteiger partial charge on any atom is 0.254 e. The molecule has 0 aliphatic heterocycles. The maximum absolute atomic E-state index is 13.8. The Labute approximate surface area is 223 Å². The Morgan fingerprint density at radius 2 is 1.64 bits per heavy atom. The zero-order valence-corrected chi connectivity index (χ0v) is 22.9. The van der Waals surface area contributed by atoms with Crippen molar-refractivity contribution < 1.29 is 9.59 Å². The summed E-state index contributed by atoms with van der Waals surface area (Å²) in [5.41, 5.74) is 2.94. The second-order valence-corrected chi connectivity index (χ2v) is 10.9. The first-order valence-electron chi connectivity index (χ1n) is 13.0. The van der Waals surface area contributed by atoms with Crippen LogP contribution in [0.2, 0.25) is 0 Å². The zero-order valence-electron chi connectivity index (χ0n) is 21.3. The van der Waals surface area contributed by atoms with Gasteiger partial charge in [-0.2, -0.15) is 0 Å². The van der Waals surface area contributed by atoms with Gasteiger partial charge in [-0.1, -0.05) is 65.5 Å². The van der Waals surface area contributed by atoms with Crippen LogP contribution >= 0.6 is 15.9 Å². The van der Waals surface area contributed by atoms with Crippen LogP contribution in [0.5, 0.6) is 0 Å². The van der Waals surface area contributed by atoms with Crippen LogP contribution in [0.3, 0.4) is 0 Å². The molecule has 2 amide bonds. The van der Waals surface area contributed by atoms with E-state index in [1.807, 2.05) is 49.1 Å². The standard InChI is InChI=1S/C30H36BrN3O2/c1-23(2)33(30(36)25-10-5-3-6-11-25)22-29(35)34(27-12-7-4-8-13-27)21-28-14-9-19-32(28)20-24-15-17-26(31)18-16-24/h3,5-6,9-11,14-19,23,27H,4,7-8,12-13,20-22H2,1-2H3. The van der Waals surface area contributed by atoms with E-state index < -0.39 is 0 Å². The lowest BCUT2D eigenvalue weighted by atomic mass is 9.94. The van der Waals surface area contributed by atoms with Gasteiger partial charge in [-0.15, -0.1) is 0 Å². The predicted octanol–water partition coefficient (Wildman–Crippen LogP) is 6.51. The summed E-state index contributed by atoms with van der Waals surface area (Å²) in [5, 5.41) is 0. The molecule has 1 fully saturated rings. The van der Waals surface area contributed by atoms with Crippen LogP contribution < -0.4 is 0 Å². The molecule has 0 spiro atoms. The smallest absolute Gasteiger partial charge is 0.254 e. The predicted molar refractivity (Wildman–Crippen MR) is 148 cm³/mol. The quantitative estimate of drug-likeness (QED) is 0.305. The minimum atomic E-state index is -0.0962. The van der Waals surface area contributed by atoms with E-state index >= 15 is 0 Å². The normalized spacial score (nSPS) is 14.1. The van der Waals surface area contributed by atoms with E-state index in [9.17, 15) is 9.59 Å². The van der Waals surface area contributed by atoms with E-state index in [0.717, 1.165) is 42.4 Å². The van der Waals surface area contributed by atoms with Crippen molar-refractivity contribution >= 4 is 27.7 Å². The molecule has 0 bridgehead atoms. The van der Waals surface area contributed by atoms with Gasteiger partial charge in [0.1, 0.15) is 6.54 Å². The Hall–Kier alpha value is -2.86. The number of benzene rings is 2. The lowest BCUT2D eigenvalue weighted by Gasteiger charge is -2.37. The molecule has 2 aromatic carbocycles. The van der Waals surface area contributed by atoms with Gasteiger partial charge in [0.2, 0.25) is 5.91 Å². The van der Waals surface area contributed by atoms with Crippen LogP contribution in [0.15, 0.2) is 77.4 Å². The van der Waals surface area contributed by atoms with Crippen molar-refractivity contribution in [3.63, 3.8) is 0 Å².